The molecule has 0 aliphatic heterocycles. The summed E-state index contributed by atoms with van der Waals surface area (Å²) in [5.41, 5.74) is 0.0845. The quantitative estimate of drug-likeness (QED) is 0.532. The number of nitrogens with zero attached hydrogens (tertiary/aromatic N) is 1. The molecule has 0 aliphatic carbocycles. The Hall–Kier alpha value is -3.10. The van der Waals surface area contributed by atoms with E-state index in [9.17, 15) is 14.7 Å². The van der Waals surface area contributed by atoms with Crippen molar-refractivity contribution < 1.29 is 18.7 Å². The predicted octanol–water partition coefficient (Wildman–Crippen LogP) is 2.30. The summed E-state index contributed by atoms with van der Waals surface area (Å²) in [6.07, 6.45) is 2.91. The zero-order valence-corrected chi connectivity index (χ0v) is 14.9. The minimum Gasteiger partial charge on any atom is -0.472 e. The molecule has 27 heavy (non-hydrogen) atoms. The van der Waals surface area contributed by atoms with E-state index in [1.54, 1.807) is 36.4 Å². The summed E-state index contributed by atoms with van der Waals surface area (Å²) in [4.78, 5) is 25.1. The summed E-state index contributed by atoms with van der Waals surface area (Å²) in [6, 6.07) is 12.2. The van der Waals surface area contributed by atoms with Crippen molar-refractivity contribution in [3.63, 3.8) is 0 Å². The monoisotopic (exact) mass is 384 g/mol. The molecule has 7 nitrogen and oxygen atoms in total. The number of aliphatic hydroxyl groups is 1. The van der Waals surface area contributed by atoms with Crippen LogP contribution in [0.25, 0.3) is 11.1 Å². The van der Waals surface area contributed by atoms with Gasteiger partial charge in [-0.3, -0.25) is 9.36 Å². The Kier molecular flexibility index (Phi) is 4.43. The minimum atomic E-state index is -1.42. The predicted molar refractivity (Wildman–Crippen MR) is 99.5 cm³/mol. The van der Waals surface area contributed by atoms with Gasteiger partial charge in [0.1, 0.15) is 12.1 Å². The number of aromatic nitrogens is 1. The number of hydrogen-bond donors (Lipinski definition) is 2. The van der Waals surface area contributed by atoms with E-state index in [4.69, 9.17) is 8.83 Å². The Labute approximate surface area is 157 Å². The summed E-state index contributed by atoms with van der Waals surface area (Å²) < 4.78 is 11.5. The topological polar surface area (TPSA) is 97.6 Å². The molecular formula is C19H16N2O5S. The number of rotatable bonds is 6. The molecule has 1 amide bonds. The van der Waals surface area contributed by atoms with Crippen molar-refractivity contribution in [2.24, 2.45) is 0 Å². The van der Waals surface area contributed by atoms with Crippen molar-refractivity contribution in [3.05, 3.63) is 81.4 Å². The molecule has 4 aromatic rings. The highest BCUT2D eigenvalue weighted by Crippen LogP contribution is 2.32. The van der Waals surface area contributed by atoms with Gasteiger partial charge >= 0.3 is 5.76 Å². The second kappa shape index (κ2) is 6.90. The molecule has 0 unspecified atom stereocenters. The fourth-order valence-corrected chi connectivity index (χ4v) is 3.78. The van der Waals surface area contributed by atoms with Gasteiger partial charge < -0.3 is 19.3 Å². The average molecular weight is 384 g/mol. The van der Waals surface area contributed by atoms with Crippen LogP contribution >= 0.6 is 11.3 Å². The van der Waals surface area contributed by atoms with Gasteiger partial charge in [0.2, 0.25) is 5.91 Å². The first-order valence-electron chi connectivity index (χ1n) is 8.22. The zero-order chi connectivity index (χ0) is 18.9. The summed E-state index contributed by atoms with van der Waals surface area (Å²) in [5, 5.41) is 15.7. The van der Waals surface area contributed by atoms with Crippen molar-refractivity contribution in [3.8, 4) is 0 Å². The van der Waals surface area contributed by atoms with Crippen LogP contribution in [0.3, 0.4) is 0 Å². The molecule has 1 atom stereocenters. The van der Waals surface area contributed by atoms with Crippen LogP contribution in [-0.4, -0.2) is 22.1 Å². The van der Waals surface area contributed by atoms with Gasteiger partial charge in [-0.2, -0.15) is 0 Å². The average Bonchev–Trinajstić information content (AvgIpc) is 3.42. The number of amides is 1. The van der Waals surface area contributed by atoms with Crippen LogP contribution in [0.5, 0.6) is 0 Å². The van der Waals surface area contributed by atoms with Gasteiger partial charge in [-0.1, -0.05) is 18.2 Å². The molecule has 0 bridgehead atoms. The molecule has 0 spiro atoms. The van der Waals surface area contributed by atoms with E-state index >= 15 is 0 Å². The lowest BCUT2D eigenvalue weighted by Gasteiger charge is -2.26. The SMILES string of the molecule is O=C(Cn1c(=O)oc2ccccc21)NC[C@](O)(c1ccoc1)c1cccs1. The standard InChI is InChI=1S/C19H16N2O5S/c22-17(10-21-14-4-1-2-5-15(14)26-18(21)23)20-12-19(24,13-7-8-25-11-13)16-6-3-9-27-16/h1-9,11,24H,10,12H2,(H,20,22)/t19-/m0/s1. The summed E-state index contributed by atoms with van der Waals surface area (Å²) >= 11 is 1.38. The first kappa shape index (κ1) is 17.3. The van der Waals surface area contributed by atoms with Crippen LogP contribution in [0.1, 0.15) is 10.4 Å². The highest BCUT2D eigenvalue weighted by molar-refractivity contribution is 7.10. The van der Waals surface area contributed by atoms with Gasteiger partial charge in [-0.15, -0.1) is 11.3 Å². The number of carbonyl (C=O) groups is 1. The molecule has 0 aliphatic rings. The van der Waals surface area contributed by atoms with E-state index in [2.05, 4.69) is 5.32 Å². The maximum atomic E-state index is 12.4. The van der Waals surface area contributed by atoms with Crippen molar-refractivity contribution in [1.29, 1.82) is 0 Å². The van der Waals surface area contributed by atoms with E-state index in [0.29, 0.717) is 21.5 Å². The van der Waals surface area contributed by atoms with E-state index < -0.39 is 17.3 Å². The van der Waals surface area contributed by atoms with Gasteiger partial charge in [0.25, 0.3) is 0 Å². The van der Waals surface area contributed by atoms with Gasteiger partial charge in [0, 0.05) is 10.4 Å². The molecule has 4 rings (SSSR count). The van der Waals surface area contributed by atoms with Gasteiger partial charge in [-0.25, -0.2) is 4.79 Å². The molecule has 1 aromatic carbocycles. The van der Waals surface area contributed by atoms with Crippen LogP contribution < -0.4 is 11.1 Å². The third-order valence-corrected chi connectivity index (χ3v) is 5.37. The molecule has 0 saturated carbocycles. The Morgan fingerprint density at radius 3 is 2.81 bits per heavy atom. The number of nitrogens with one attached hydrogen (secondary N) is 1. The number of thiophene rings is 1. The highest BCUT2D eigenvalue weighted by Gasteiger charge is 2.34. The third kappa shape index (κ3) is 3.20. The van der Waals surface area contributed by atoms with Crippen LogP contribution in [0, 0.1) is 0 Å². The summed E-state index contributed by atoms with van der Waals surface area (Å²) in [7, 11) is 0. The molecule has 0 fully saturated rings. The number of fused-ring (bicyclic) bond motifs is 1. The Bertz CT molecular complexity index is 1070. The van der Waals surface area contributed by atoms with Crippen molar-refractivity contribution in [2.75, 3.05) is 6.54 Å². The number of benzene rings is 1. The largest absolute Gasteiger partial charge is 0.472 e. The first-order valence-corrected chi connectivity index (χ1v) is 9.10. The third-order valence-electron chi connectivity index (χ3n) is 4.34. The van der Waals surface area contributed by atoms with E-state index in [1.807, 2.05) is 11.4 Å². The second-order valence-electron chi connectivity index (χ2n) is 6.05. The fourth-order valence-electron chi connectivity index (χ4n) is 2.93. The molecule has 8 heteroatoms. The van der Waals surface area contributed by atoms with Gasteiger partial charge in [0.05, 0.1) is 24.6 Å². The maximum absolute atomic E-state index is 12.4. The highest BCUT2D eigenvalue weighted by atomic mass is 32.1. The molecule has 3 aromatic heterocycles. The number of hydrogen-bond acceptors (Lipinski definition) is 6. The van der Waals surface area contributed by atoms with Gasteiger partial charge in [-0.05, 0) is 29.6 Å². The normalized spacial score (nSPS) is 13.5. The minimum absolute atomic E-state index is 0.0591. The zero-order valence-electron chi connectivity index (χ0n) is 14.1. The van der Waals surface area contributed by atoms with Crippen molar-refractivity contribution in [2.45, 2.75) is 12.1 Å². The van der Waals surface area contributed by atoms with Gasteiger partial charge in [0.15, 0.2) is 5.58 Å². The van der Waals surface area contributed by atoms with Crippen LogP contribution in [-0.2, 0) is 16.9 Å². The number of oxazole rings is 1. The fraction of sp³-hybridized carbons (Fsp3) is 0.158. The van der Waals surface area contributed by atoms with Crippen molar-refractivity contribution >= 4 is 28.3 Å². The molecule has 138 valence electrons. The van der Waals surface area contributed by atoms with Crippen molar-refractivity contribution in [1.82, 2.24) is 9.88 Å². The lowest BCUT2D eigenvalue weighted by Crippen LogP contribution is -2.42. The molecule has 0 saturated heterocycles. The number of carbonyl (C=O) groups excluding carboxylic acids is 1. The number of furan rings is 1. The van der Waals surface area contributed by atoms with E-state index in [0.717, 1.165) is 0 Å². The Morgan fingerprint density at radius 1 is 1.22 bits per heavy atom. The Balaban J connectivity index is 1.54. The Morgan fingerprint density at radius 2 is 2.07 bits per heavy atom. The lowest BCUT2D eigenvalue weighted by atomic mass is 9.94. The van der Waals surface area contributed by atoms with Crippen LogP contribution in [0.2, 0.25) is 0 Å². The summed E-state index contributed by atoms with van der Waals surface area (Å²) in [6.45, 7) is -0.266. The van der Waals surface area contributed by atoms with Crippen LogP contribution in [0.15, 0.2) is 74.0 Å². The number of para-hydroxylation sites is 2. The van der Waals surface area contributed by atoms with E-state index in [1.165, 1.54) is 28.4 Å². The smallest absolute Gasteiger partial charge is 0.420 e. The van der Waals surface area contributed by atoms with Crippen LogP contribution in [0.4, 0.5) is 0 Å². The first-order chi connectivity index (χ1) is 13.1. The summed E-state index contributed by atoms with van der Waals surface area (Å²) in [5.74, 6) is -1.02. The lowest BCUT2D eigenvalue weighted by molar-refractivity contribution is -0.122. The molecule has 0 radical (unpaired) electrons. The second-order valence-corrected chi connectivity index (χ2v) is 7.00. The molecule has 2 N–H and O–H groups in total. The molecular weight excluding hydrogens is 368 g/mol. The van der Waals surface area contributed by atoms with E-state index in [-0.39, 0.29) is 13.1 Å². The maximum Gasteiger partial charge on any atom is 0.420 e. The molecule has 3 heterocycles.